The molecule has 1 heterocycles. The number of hydrogen-bond acceptors (Lipinski definition) is 3. The molecule has 0 saturated carbocycles. The van der Waals surface area contributed by atoms with Crippen LogP contribution in [0.15, 0.2) is 30.3 Å². The molecular weight excluding hydrogens is 182 g/mol. The number of cyclic esters (lactones) is 1. The first-order chi connectivity index (χ1) is 6.77. The van der Waals surface area contributed by atoms with Crippen LogP contribution in [0, 0.1) is 0 Å². The molecule has 1 aromatic carbocycles. The van der Waals surface area contributed by atoms with Gasteiger partial charge in [-0.3, -0.25) is 4.79 Å². The fourth-order valence-corrected chi connectivity index (χ4v) is 1.30. The van der Waals surface area contributed by atoms with E-state index in [9.17, 15) is 9.59 Å². The maximum absolute atomic E-state index is 11.2. The molecule has 4 heteroatoms. The van der Waals surface area contributed by atoms with Crippen molar-refractivity contribution in [2.75, 3.05) is 6.61 Å². The summed E-state index contributed by atoms with van der Waals surface area (Å²) in [6.07, 6.45) is -0.557. The molecule has 0 aromatic heterocycles. The van der Waals surface area contributed by atoms with E-state index in [1.807, 2.05) is 30.3 Å². The van der Waals surface area contributed by atoms with Gasteiger partial charge in [0.05, 0.1) is 6.54 Å². The van der Waals surface area contributed by atoms with Crippen LogP contribution in [0.4, 0.5) is 4.79 Å². The third-order valence-electron chi connectivity index (χ3n) is 2.02. The lowest BCUT2D eigenvalue weighted by Crippen LogP contribution is -2.28. The number of benzene rings is 1. The molecule has 72 valence electrons. The molecule has 2 amide bonds. The maximum Gasteiger partial charge on any atom is 0.417 e. The maximum atomic E-state index is 11.2. The van der Waals surface area contributed by atoms with Gasteiger partial charge in [0.1, 0.15) is 0 Å². The Bertz CT molecular complexity index is 345. The van der Waals surface area contributed by atoms with Crippen molar-refractivity contribution in [3.63, 3.8) is 0 Å². The van der Waals surface area contributed by atoms with E-state index in [0.717, 1.165) is 10.5 Å². The van der Waals surface area contributed by atoms with E-state index in [1.165, 1.54) is 0 Å². The minimum atomic E-state index is -0.557. The predicted molar refractivity (Wildman–Crippen MR) is 48.3 cm³/mol. The molecule has 4 nitrogen and oxygen atoms in total. The van der Waals surface area contributed by atoms with Crippen LogP contribution < -0.4 is 0 Å². The fourth-order valence-electron chi connectivity index (χ4n) is 1.30. The summed E-state index contributed by atoms with van der Waals surface area (Å²) < 4.78 is 4.59. The minimum absolute atomic E-state index is 0.133. The van der Waals surface area contributed by atoms with Crippen LogP contribution >= 0.6 is 0 Å². The first-order valence-electron chi connectivity index (χ1n) is 4.28. The van der Waals surface area contributed by atoms with Gasteiger partial charge in [-0.2, -0.15) is 0 Å². The highest BCUT2D eigenvalue weighted by Crippen LogP contribution is 2.10. The van der Waals surface area contributed by atoms with Gasteiger partial charge in [-0.15, -0.1) is 0 Å². The lowest BCUT2D eigenvalue weighted by atomic mass is 10.2. The molecule has 0 atom stereocenters. The highest BCUT2D eigenvalue weighted by atomic mass is 16.6. The molecule has 0 aliphatic carbocycles. The number of imide groups is 1. The second-order valence-electron chi connectivity index (χ2n) is 3.02. The molecule has 0 N–H and O–H groups in total. The monoisotopic (exact) mass is 191 g/mol. The van der Waals surface area contributed by atoms with Gasteiger partial charge >= 0.3 is 6.09 Å². The number of carbonyl (C=O) groups excluding carboxylic acids is 2. The van der Waals surface area contributed by atoms with Crippen molar-refractivity contribution in [2.45, 2.75) is 6.54 Å². The van der Waals surface area contributed by atoms with E-state index in [2.05, 4.69) is 4.74 Å². The van der Waals surface area contributed by atoms with Crippen molar-refractivity contribution in [1.29, 1.82) is 0 Å². The quantitative estimate of drug-likeness (QED) is 0.704. The third-order valence-corrected chi connectivity index (χ3v) is 2.02. The van der Waals surface area contributed by atoms with Crippen LogP contribution in [0.2, 0.25) is 0 Å². The smallest absolute Gasteiger partial charge is 0.417 e. The zero-order valence-electron chi connectivity index (χ0n) is 7.47. The standard InChI is InChI=1S/C10H9NO3/c12-9-7-14-10(13)11(9)6-8-4-2-1-3-5-8/h1-5H,6-7H2. The summed E-state index contributed by atoms with van der Waals surface area (Å²) in [6.45, 7) is 0.157. The van der Waals surface area contributed by atoms with E-state index in [0.29, 0.717) is 6.54 Å². The summed E-state index contributed by atoms with van der Waals surface area (Å²) in [5.74, 6) is -0.279. The molecule has 0 bridgehead atoms. The Morgan fingerprint density at radius 3 is 2.50 bits per heavy atom. The zero-order valence-corrected chi connectivity index (χ0v) is 7.47. The molecule has 0 unspecified atom stereocenters. The van der Waals surface area contributed by atoms with E-state index >= 15 is 0 Å². The third kappa shape index (κ3) is 1.59. The number of amides is 2. The van der Waals surface area contributed by atoms with Crippen molar-refractivity contribution in [3.05, 3.63) is 35.9 Å². The van der Waals surface area contributed by atoms with Crippen molar-refractivity contribution in [3.8, 4) is 0 Å². The van der Waals surface area contributed by atoms with Gasteiger partial charge in [-0.1, -0.05) is 30.3 Å². The Labute approximate surface area is 81.1 Å². The highest BCUT2D eigenvalue weighted by molar-refractivity contribution is 5.97. The van der Waals surface area contributed by atoms with Crippen LogP contribution in [0.5, 0.6) is 0 Å². The summed E-state index contributed by atoms with van der Waals surface area (Å²) >= 11 is 0. The van der Waals surface area contributed by atoms with Crippen molar-refractivity contribution >= 4 is 12.0 Å². The molecular formula is C10H9NO3. The number of hydrogen-bond donors (Lipinski definition) is 0. The van der Waals surface area contributed by atoms with Gasteiger partial charge in [-0.05, 0) is 5.56 Å². The lowest BCUT2D eigenvalue weighted by Gasteiger charge is -2.09. The number of carbonyl (C=O) groups is 2. The number of ether oxygens (including phenoxy) is 1. The van der Waals surface area contributed by atoms with Gasteiger partial charge < -0.3 is 4.74 Å². The molecule has 0 spiro atoms. The second-order valence-corrected chi connectivity index (χ2v) is 3.02. The number of nitrogens with zero attached hydrogens (tertiary/aromatic N) is 1. The second kappa shape index (κ2) is 3.49. The summed E-state index contributed by atoms with van der Waals surface area (Å²) in [4.78, 5) is 23.3. The molecule has 14 heavy (non-hydrogen) atoms. The summed E-state index contributed by atoms with van der Waals surface area (Å²) in [7, 11) is 0. The van der Waals surface area contributed by atoms with E-state index in [1.54, 1.807) is 0 Å². The average Bonchev–Trinajstić information content (AvgIpc) is 2.51. The van der Waals surface area contributed by atoms with Crippen LogP contribution in [-0.2, 0) is 16.1 Å². The van der Waals surface area contributed by atoms with E-state index in [-0.39, 0.29) is 12.5 Å². The van der Waals surface area contributed by atoms with Gasteiger partial charge in [-0.25, -0.2) is 9.69 Å². The van der Waals surface area contributed by atoms with Crippen LogP contribution in [-0.4, -0.2) is 23.5 Å². The summed E-state index contributed by atoms with van der Waals surface area (Å²) in [5, 5.41) is 0. The van der Waals surface area contributed by atoms with Crippen LogP contribution in [0.25, 0.3) is 0 Å². The van der Waals surface area contributed by atoms with E-state index in [4.69, 9.17) is 0 Å². The molecule has 0 radical (unpaired) electrons. The Morgan fingerprint density at radius 1 is 1.21 bits per heavy atom. The Hall–Kier alpha value is -1.84. The first kappa shape index (κ1) is 8.74. The van der Waals surface area contributed by atoms with E-state index < -0.39 is 6.09 Å². The van der Waals surface area contributed by atoms with Crippen molar-refractivity contribution < 1.29 is 14.3 Å². The molecule has 1 fully saturated rings. The topological polar surface area (TPSA) is 46.6 Å². The highest BCUT2D eigenvalue weighted by Gasteiger charge is 2.30. The Morgan fingerprint density at radius 2 is 1.93 bits per heavy atom. The first-order valence-corrected chi connectivity index (χ1v) is 4.28. The summed E-state index contributed by atoms with van der Waals surface area (Å²) in [6, 6.07) is 9.33. The van der Waals surface area contributed by atoms with Crippen LogP contribution in [0.3, 0.4) is 0 Å². The predicted octanol–water partition coefficient (Wildman–Crippen LogP) is 1.17. The number of rotatable bonds is 2. The van der Waals surface area contributed by atoms with Crippen molar-refractivity contribution in [1.82, 2.24) is 4.90 Å². The zero-order chi connectivity index (χ0) is 9.97. The van der Waals surface area contributed by atoms with Gasteiger partial charge in [0, 0.05) is 0 Å². The summed E-state index contributed by atoms with van der Waals surface area (Å²) in [5.41, 5.74) is 0.916. The normalized spacial score (nSPS) is 15.9. The Kier molecular flexibility index (Phi) is 2.18. The molecule has 2 rings (SSSR count). The fraction of sp³-hybridized carbons (Fsp3) is 0.200. The van der Waals surface area contributed by atoms with Gasteiger partial charge in [0.15, 0.2) is 6.61 Å². The Balaban J connectivity index is 2.11. The molecule has 1 aromatic rings. The van der Waals surface area contributed by atoms with Gasteiger partial charge in [0.25, 0.3) is 5.91 Å². The SMILES string of the molecule is O=C1COC(=O)N1Cc1ccccc1. The lowest BCUT2D eigenvalue weighted by molar-refractivity contribution is -0.126. The molecule has 1 aliphatic rings. The van der Waals surface area contributed by atoms with Gasteiger partial charge in [0.2, 0.25) is 0 Å². The molecule has 1 aliphatic heterocycles. The largest absolute Gasteiger partial charge is 0.439 e. The van der Waals surface area contributed by atoms with Crippen molar-refractivity contribution in [2.24, 2.45) is 0 Å². The minimum Gasteiger partial charge on any atom is -0.439 e. The van der Waals surface area contributed by atoms with Crippen LogP contribution in [0.1, 0.15) is 5.56 Å². The molecule has 1 saturated heterocycles. The average molecular weight is 191 g/mol.